The molecule has 0 saturated heterocycles. The van der Waals surface area contributed by atoms with Gasteiger partial charge in [0.25, 0.3) is 0 Å². The molecule has 17 heavy (non-hydrogen) atoms. The molecular weight excluding hydrogens is 214 g/mol. The second kappa shape index (κ2) is 5.53. The van der Waals surface area contributed by atoms with Crippen molar-refractivity contribution >= 4 is 11.5 Å². The van der Waals surface area contributed by atoms with Crippen LogP contribution in [0.2, 0.25) is 0 Å². The molecule has 3 nitrogen and oxygen atoms in total. The van der Waals surface area contributed by atoms with E-state index in [1.807, 2.05) is 37.4 Å². The van der Waals surface area contributed by atoms with Crippen molar-refractivity contribution < 1.29 is 9.53 Å². The summed E-state index contributed by atoms with van der Waals surface area (Å²) in [6.45, 7) is 2.63. The van der Waals surface area contributed by atoms with Gasteiger partial charge in [-0.15, -0.1) is 0 Å². The van der Waals surface area contributed by atoms with Gasteiger partial charge >= 0.3 is 0 Å². The standard InChI is InChI=1S/C14H17NO2/c1-2-17-13-8-6-12(7-9-13)15-10-11-4-3-5-14(11)16/h6-10,15H,2-5H2,1H3. The predicted molar refractivity (Wildman–Crippen MR) is 68.2 cm³/mol. The number of Topliss-reactive ketones (excluding diaryl/α,β-unsaturated/α-hetero) is 1. The Bertz CT molecular complexity index is 420. The van der Waals surface area contributed by atoms with E-state index < -0.39 is 0 Å². The number of nitrogens with one attached hydrogen (secondary N) is 1. The van der Waals surface area contributed by atoms with Gasteiger partial charge in [-0.3, -0.25) is 4.79 Å². The van der Waals surface area contributed by atoms with Crippen molar-refractivity contribution in [1.82, 2.24) is 0 Å². The van der Waals surface area contributed by atoms with Gasteiger partial charge in [0.05, 0.1) is 6.61 Å². The fraction of sp³-hybridized carbons (Fsp3) is 0.357. The summed E-state index contributed by atoms with van der Waals surface area (Å²) < 4.78 is 5.36. The summed E-state index contributed by atoms with van der Waals surface area (Å²) in [6, 6.07) is 7.73. The molecule has 0 amide bonds. The Morgan fingerprint density at radius 1 is 1.29 bits per heavy atom. The van der Waals surface area contributed by atoms with E-state index in [1.54, 1.807) is 0 Å². The van der Waals surface area contributed by atoms with Crippen LogP contribution >= 0.6 is 0 Å². The maximum absolute atomic E-state index is 11.4. The second-order valence-electron chi connectivity index (χ2n) is 4.05. The monoisotopic (exact) mass is 231 g/mol. The van der Waals surface area contributed by atoms with Crippen LogP contribution in [0.1, 0.15) is 26.2 Å². The molecule has 90 valence electrons. The van der Waals surface area contributed by atoms with Crippen molar-refractivity contribution in [1.29, 1.82) is 0 Å². The van der Waals surface area contributed by atoms with Crippen molar-refractivity contribution in [2.75, 3.05) is 11.9 Å². The van der Waals surface area contributed by atoms with Crippen molar-refractivity contribution in [3.8, 4) is 5.75 Å². The average Bonchev–Trinajstić information content (AvgIpc) is 2.75. The zero-order chi connectivity index (χ0) is 12.1. The summed E-state index contributed by atoms with van der Waals surface area (Å²) in [7, 11) is 0. The molecule has 1 saturated carbocycles. The molecule has 0 spiro atoms. The van der Waals surface area contributed by atoms with Crippen LogP contribution in [-0.4, -0.2) is 12.4 Å². The summed E-state index contributed by atoms with van der Waals surface area (Å²) in [5, 5.41) is 3.15. The van der Waals surface area contributed by atoms with E-state index in [0.29, 0.717) is 13.0 Å². The van der Waals surface area contributed by atoms with E-state index in [9.17, 15) is 4.79 Å². The topological polar surface area (TPSA) is 38.3 Å². The first-order valence-electron chi connectivity index (χ1n) is 6.01. The number of ketones is 1. The average molecular weight is 231 g/mol. The van der Waals surface area contributed by atoms with Gasteiger partial charge in [-0.05, 0) is 44.0 Å². The number of hydrogen-bond donors (Lipinski definition) is 1. The molecule has 1 fully saturated rings. The molecule has 1 aromatic carbocycles. The Balaban J connectivity index is 1.97. The van der Waals surface area contributed by atoms with Crippen LogP contribution < -0.4 is 10.1 Å². The fourth-order valence-electron chi connectivity index (χ4n) is 1.88. The van der Waals surface area contributed by atoms with Gasteiger partial charge in [0.1, 0.15) is 5.75 Å². The highest BCUT2D eigenvalue weighted by molar-refractivity contribution is 5.97. The maximum atomic E-state index is 11.4. The third kappa shape index (κ3) is 3.09. The van der Waals surface area contributed by atoms with Gasteiger partial charge in [0.2, 0.25) is 0 Å². The Labute approximate surface area is 101 Å². The van der Waals surface area contributed by atoms with Crippen LogP contribution in [0.25, 0.3) is 0 Å². The van der Waals surface area contributed by atoms with E-state index in [-0.39, 0.29) is 5.78 Å². The normalized spacial score (nSPS) is 17.5. The van der Waals surface area contributed by atoms with E-state index >= 15 is 0 Å². The molecule has 0 unspecified atom stereocenters. The van der Waals surface area contributed by atoms with Crippen molar-refractivity contribution in [2.45, 2.75) is 26.2 Å². The summed E-state index contributed by atoms with van der Waals surface area (Å²) in [5.41, 5.74) is 1.87. The first-order valence-corrected chi connectivity index (χ1v) is 6.01. The molecule has 0 aliphatic heterocycles. The third-order valence-corrected chi connectivity index (χ3v) is 2.79. The molecule has 0 atom stereocenters. The number of ether oxygens (including phenoxy) is 1. The molecule has 2 rings (SSSR count). The Hall–Kier alpha value is -1.77. The van der Waals surface area contributed by atoms with Crippen LogP contribution in [0.3, 0.4) is 0 Å². The van der Waals surface area contributed by atoms with Crippen LogP contribution in [0.15, 0.2) is 36.0 Å². The number of rotatable bonds is 4. The number of carbonyl (C=O) groups is 1. The Morgan fingerprint density at radius 3 is 2.65 bits per heavy atom. The summed E-state index contributed by atoms with van der Waals surface area (Å²) in [4.78, 5) is 11.4. The van der Waals surface area contributed by atoms with E-state index in [2.05, 4.69) is 5.32 Å². The summed E-state index contributed by atoms with van der Waals surface area (Å²) in [5.74, 6) is 1.13. The van der Waals surface area contributed by atoms with E-state index in [0.717, 1.165) is 29.9 Å². The molecular formula is C14H17NO2. The molecule has 1 N–H and O–H groups in total. The minimum absolute atomic E-state index is 0.267. The molecule has 1 aromatic rings. The highest BCUT2D eigenvalue weighted by atomic mass is 16.5. The first-order chi connectivity index (χ1) is 8.29. The second-order valence-corrected chi connectivity index (χ2v) is 4.05. The van der Waals surface area contributed by atoms with E-state index in [4.69, 9.17) is 4.74 Å². The van der Waals surface area contributed by atoms with Gasteiger partial charge in [-0.2, -0.15) is 0 Å². The predicted octanol–water partition coefficient (Wildman–Crippen LogP) is 3.13. The molecule has 0 bridgehead atoms. The van der Waals surface area contributed by atoms with Crippen molar-refractivity contribution in [3.63, 3.8) is 0 Å². The quantitative estimate of drug-likeness (QED) is 0.809. The SMILES string of the molecule is CCOc1ccc(NC=C2CCCC2=O)cc1. The lowest BCUT2D eigenvalue weighted by atomic mass is 10.2. The number of hydrogen-bond acceptors (Lipinski definition) is 3. The van der Waals surface area contributed by atoms with Gasteiger partial charge in [-0.1, -0.05) is 0 Å². The minimum atomic E-state index is 0.267. The lowest BCUT2D eigenvalue weighted by Gasteiger charge is -2.05. The number of allylic oxidation sites excluding steroid dienone is 1. The molecule has 0 radical (unpaired) electrons. The lowest BCUT2D eigenvalue weighted by Crippen LogP contribution is -1.97. The number of carbonyl (C=O) groups excluding carboxylic acids is 1. The van der Waals surface area contributed by atoms with Gasteiger partial charge < -0.3 is 10.1 Å². The van der Waals surface area contributed by atoms with Crippen molar-refractivity contribution in [2.24, 2.45) is 0 Å². The van der Waals surface area contributed by atoms with Crippen molar-refractivity contribution in [3.05, 3.63) is 36.0 Å². The molecule has 3 heteroatoms. The minimum Gasteiger partial charge on any atom is -0.494 e. The zero-order valence-electron chi connectivity index (χ0n) is 10.0. The van der Waals surface area contributed by atoms with Gasteiger partial charge in [-0.25, -0.2) is 0 Å². The Kier molecular flexibility index (Phi) is 3.81. The summed E-state index contributed by atoms with van der Waals surface area (Å²) >= 11 is 0. The van der Waals surface area contributed by atoms with Crippen LogP contribution in [0, 0.1) is 0 Å². The Morgan fingerprint density at radius 2 is 2.06 bits per heavy atom. The van der Waals surface area contributed by atoms with Crippen LogP contribution in [-0.2, 0) is 4.79 Å². The molecule has 1 aliphatic rings. The first kappa shape index (κ1) is 11.7. The largest absolute Gasteiger partial charge is 0.494 e. The smallest absolute Gasteiger partial charge is 0.160 e. The molecule has 0 aromatic heterocycles. The highest BCUT2D eigenvalue weighted by Crippen LogP contribution is 2.21. The van der Waals surface area contributed by atoms with Crippen LogP contribution in [0.5, 0.6) is 5.75 Å². The number of anilines is 1. The molecule has 0 heterocycles. The summed E-state index contributed by atoms with van der Waals surface area (Å²) in [6.07, 6.45) is 4.39. The fourth-order valence-corrected chi connectivity index (χ4v) is 1.88. The van der Waals surface area contributed by atoms with Crippen LogP contribution in [0.4, 0.5) is 5.69 Å². The maximum Gasteiger partial charge on any atom is 0.160 e. The lowest BCUT2D eigenvalue weighted by molar-refractivity contribution is -0.114. The van der Waals surface area contributed by atoms with E-state index in [1.165, 1.54) is 0 Å². The zero-order valence-corrected chi connectivity index (χ0v) is 10.0. The van der Waals surface area contributed by atoms with Gasteiger partial charge in [0, 0.05) is 23.9 Å². The van der Waals surface area contributed by atoms with Gasteiger partial charge in [0.15, 0.2) is 5.78 Å². The third-order valence-electron chi connectivity index (χ3n) is 2.79. The number of benzene rings is 1. The molecule has 1 aliphatic carbocycles. The highest BCUT2D eigenvalue weighted by Gasteiger charge is 2.16.